The summed E-state index contributed by atoms with van der Waals surface area (Å²) in [6.07, 6.45) is -3.03. The molecule has 14 heteroatoms. The first-order valence-electron chi connectivity index (χ1n) is 13.0. The lowest BCUT2D eigenvalue weighted by atomic mass is 10.2. The summed E-state index contributed by atoms with van der Waals surface area (Å²) >= 11 is 0. The predicted molar refractivity (Wildman–Crippen MR) is 146 cm³/mol. The number of likely N-dealkylation sites (N-methyl/N-ethyl adjacent to an activating group) is 1. The summed E-state index contributed by atoms with van der Waals surface area (Å²) in [7, 11) is 1.09. The molecule has 0 aliphatic carbocycles. The van der Waals surface area contributed by atoms with Crippen molar-refractivity contribution in [2.45, 2.75) is 51.2 Å². The lowest BCUT2D eigenvalue weighted by Crippen LogP contribution is -2.59. The summed E-state index contributed by atoms with van der Waals surface area (Å²) in [5.41, 5.74) is 7.04. The van der Waals surface area contributed by atoms with Crippen LogP contribution in [0.3, 0.4) is 0 Å². The number of nitrogens with zero attached hydrogens (tertiary/aromatic N) is 2. The number of benzene rings is 2. The molecule has 1 aliphatic rings. The molecule has 0 spiro atoms. The molecule has 3 rings (SSSR count). The van der Waals surface area contributed by atoms with Crippen molar-refractivity contribution in [1.29, 1.82) is 0 Å². The standard InChI is InChI=1S/C28H33N5O9/c1-17(31-28(39)41-16-20-12-8-5-9-13-20)23(34)30-18(2)24(35)32(3)33(27(29)38)25(36)21-22(42-21)26(37)40-15-14-19-10-6-4-7-11-19/h4-13,17-18,21-22H,14-16H2,1-3H3,(H2,29,38)(H,30,34)(H,31,39)/t17-,18-,21-,22-/m0/s1. The van der Waals surface area contributed by atoms with E-state index in [0.29, 0.717) is 16.4 Å². The fraction of sp³-hybridized carbons (Fsp3) is 0.357. The highest BCUT2D eigenvalue weighted by Gasteiger charge is 2.55. The molecule has 0 bridgehead atoms. The second-order valence-electron chi connectivity index (χ2n) is 9.39. The van der Waals surface area contributed by atoms with Gasteiger partial charge in [0.2, 0.25) is 5.91 Å². The maximum absolute atomic E-state index is 12.9. The molecule has 0 unspecified atom stereocenters. The minimum atomic E-state index is -1.38. The van der Waals surface area contributed by atoms with Gasteiger partial charge >= 0.3 is 18.1 Å². The number of epoxide rings is 1. The average molecular weight is 584 g/mol. The minimum absolute atomic E-state index is 0.00531. The van der Waals surface area contributed by atoms with Crippen LogP contribution in [0.15, 0.2) is 60.7 Å². The number of esters is 1. The topological polar surface area (TPSA) is 190 Å². The molecule has 0 radical (unpaired) electrons. The first-order valence-corrected chi connectivity index (χ1v) is 13.0. The number of imide groups is 1. The zero-order valence-corrected chi connectivity index (χ0v) is 23.4. The number of nitrogens with one attached hydrogen (secondary N) is 2. The van der Waals surface area contributed by atoms with Crippen LogP contribution in [-0.4, -0.2) is 83.8 Å². The number of carbonyl (C=O) groups is 6. The van der Waals surface area contributed by atoms with Crippen molar-refractivity contribution in [3.63, 3.8) is 0 Å². The van der Waals surface area contributed by atoms with Crippen molar-refractivity contribution in [1.82, 2.24) is 20.7 Å². The molecule has 1 fully saturated rings. The Hall–Kier alpha value is -4.98. The monoisotopic (exact) mass is 583 g/mol. The van der Waals surface area contributed by atoms with Crippen molar-refractivity contribution in [2.75, 3.05) is 13.7 Å². The Balaban J connectivity index is 1.47. The number of hydrogen-bond acceptors (Lipinski definition) is 9. The summed E-state index contributed by atoms with van der Waals surface area (Å²) in [6.45, 7) is 2.73. The van der Waals surface area contributed by atoms with E-state index in [1.807, 2.05) is 36.4 Å². The number of carbonyl (C=O) groups excluding carboxylic acids is 6. The lowest BCUT2D eigenvalue weighted by molar-refractivity contribution is -0.156. The summed E-state index contributed by atoms with van der Waals surface area (Å²) in [5, 5.41) is 5.66. The molecular formula is C28H33N5O9. The first-order chi connectivity index (χ1) is 20.0. The molecule has 6 amide bonds. The van der Waals surface area contributed by atoms with Crippen LogP contribution in [-0.2, 0) is 46.4 Å². The maximum Gasteiger partial charge on any atom is 0.408 e. The zero-order valence-electron chi connectivity index (χ0n) is 23.4. The Labute approximate surface area is 242 Å². The van der Waals surface area contributed by atoms with E-state index in [-0.39, 0.29) is 13.2 Å². The number of nitrogens with two attached hydrogens (primary N) is 1. The van der Waals surface area contributed by atoms with Gasteiger partial charge in [0.25, 0.3) is 11.8 Å². The van der Waals surface area contributed by atoms with Gasteiger partial charge in [0, 0.05) is 13.5 Å². The fourth-order valence-electron chi connectivity index (χ4n) is 3.79. The van der Waals surface area contributed by atoms with Gasteiger partial charge in [-0.3, -0.25) is 14.4 Å². The molecule has 1 heterocycles. The second kappa shape index (κ2) is 14.6. The lowest BCUT2D eigenvalue weighted by Gasteiger charge is -2.30. The summed E-state index contributed by atoms with van der Waals surface area (Å²) < 4.78 is 15.3. The van der Waals surface area contributed by atoms with Crippen LogP contribution < -0.4 is 16.4 Å². The quantitative estimate of drug-likeness (QED) is 0.194. The van der Waals surface area contributed by atoms with E-state index in [9.17, 15) is 28.8 Å². The Morgan fingerprint density at radius 3 is 2.05 bits per heavy atom. The van der Waals surface area contributed by atoms with E-state index >= 15 is 0 Å². The van der Waals surface area contributed by atoms with E-state index in [2.05, 4.69) is 10.6 Å². The Morgan fingerprint density at radius 1 is 0.857 bits per heavy atom. The first kappa shape index (κ1) is 31.5. The minimum Gasteiger partial charge on any atom is -0.463 e. The predicted octanol–water partition coefficient (Wildman–Crippen LogP) is 0.640. The molecule has 1 saturated heterocycles. The number of rotatable bonds is 11. The van der Waals surface area contributed by atoms with Crippen molar-refractivity contribution in [3.05, 3.63) is 71.8 Å². The number of ether oxygens (including phenoxy) is 3. The van der Waals surface area contributed by atoms with Crippen molar-refractivity contribution in [3.8, 4) is 0 Å². The van der Waals surface area contributed by atoms with Crippen LogP contribution in [0.2, 0.25) is 0 Å². The Morgan fingerprint density at radius 2 is 1.45 bits per heavy atom. The SMILES string of the molecule is C[C@H](NC(=O)OCc1ccccc1)C(=O)N[C@@H](C)C(=O)N(C)N(C(N)=O)C(=O)[C@H]1O[C@@H]1C(=O)OCCc1ccccc1. The number of alkyl carbamates (subject to hydrolysis) is 1. The Bertz CT molecular complexity index is 1290. The zero-order chi connectivity index (χ0) is 30.8. The number of amides is 6. The van der Waals surface area contributed by atoms with Gasteiger partial charge in [-0.15, -0.1) is 0 Å². The van der Waals surface area contributed by atoms with E-state index in [4.69, 9.17) is 19.9 Å². The molecular weight excluding hydrogens is 550 g/mol. The van der Waals surface area contributed by atoms with E-state index in [0.717, 1.165) is 18.2 Å². The van der Waals surface area contributed by atoms with Crippen LogP contribution in [0.4, 0.5) is 9.59 Å². The third kappa shape index (κ3) is 8.76. The van der Waals surface area contributed by atoms with Gasteiger partial charge in [-0.2, -0.15) is 5.01 Å². The largest absolute Gasteiger partial charge is 0.463 e. The van der Waals surface area contributed by atoms with Gasteiger partial charge in [-0.05, 0) is 25.0 Å². The molecule has 2 aromatic carbocycles. The normalized spacial score (nSPS) is 16.6. The van der Waals surface area contributed by atoms with Crippen molar-refractivity contribution >= 4 is 35.8 Å². The molecule has 14 nitrogen and oxygen atoms in total. The van der Waals surface area contributed by atoms with Crippen molar-refractivity contribution in [2.24, 2.45) is 5.73 Å². The van der Waals surface area contributed by atoms with Crippen LogP contribution in [0.5, 0.6) is 0 Å². The van der Waals surface area contributed by atoms with Gasteiger partial charge in [0.1, 0.15) is 18.7 Å². The summed E-state index contributed by atoms with van der Waals surface area (Å²) in [5.74, 6) is -3.48. The van der Waals surface area contributed by atoms with Gasteiger partial charge in [0.05, 0.1) is 6.61 Å². The van der Waals surface area contributed by atoms with Gasteiger partial charge in [-0.25, -0.2) is 19.4 Å². The van der Waals surface area contributed by atoms with Gasteiger partial charge in [0.15, 0.2) is 12.2 Å². The summed E-state index contributed by atoms with van der Waals surface area (Å²) in [6, 6.07) is 14.6. The summed E-state index contributed by atoms with van der Waals surface area (Å²) in [4.78, 5) is 74.8. The smallest absolute Gasteiger partial charge is 0.408 e. The molecule has 42 heavy (non-hydrogen) atoms. The average Bonchev–Trinajstić information content (AvgIpc) is 3.78. The third-order valence-electron chi connectivity index (χ3n) is 6.15. The van der Waals surface area contributed by atoms with Gasteiger partial charge in [-0.1, -0.05) is 60.7 Å². The number of primary amides is 1. The third-order valence-corrected chi connectivity index (χ3v) is 6.15. The number of urea groups is 1. The molecule has 224 valence electrons. The molecule has 0 saturated carbocycles. The molecule has 4 atom stereocenters. The van der Waals surface area contributed by atoms with Gasteiger partial charge < -0.3 is 30.6 Å². The molecule has 2 aromatic rings. The molecule has 1 aliphatic heterocycles. The van der Waals surface area contributed by atoms with Crippen LogP contribution in [0.25, 0.3) is 0 Å². The maximum atomic E-state index is 12.9. The highest BCUT2D eigenvalue weighted by Crippen LogP contribution is 2.26. The number of hydrazine groups is 1. The molecule has 0 aromatic heterocycles. The highest BCUT2D eigenvalue weighted by atomic mass is 16.6. The van der Waals surface area contributed by atoms with Crippen LogP contribution in [0.1, 0.15) is 25.0 Å². The van der Waals surface area contributed by atoms with Crippen molar-refractivity contribution < 1.29 is 43.0 Å². The van der Waals surface area contributed by atoms with Crippen LogP contribution >= 0.6 is 0 Å². The number of hydrogen-bond donors (Lipinski definition) is 3. The van der Waals surface area contributed by atoms with E-state index < -0.39 is 60.1 Å². The van der Waals surface area contributed by atoms with Crippen LogP contribution in [0, 0.1) is 0 Å². The molecule has 4 N–H and O–H groups in total. The fourth-order valence-corrected chi connectivity index (χ4v) is 3.79. The Kier molecular flexibility index (Phi) is 11.0. The van der Waals surface area contributed by atoms with E-state index in [1.165, 1.54) is 13.8 Å². The van der Waals surface area contributed by atoms with E-state index in [1.54, 1.807) is 24.3 Å². The second-order valence-corrected chi connectivity index (χ2v) is 9.39. The highest BCUT2D eigenvalue weighted by molar-refractivity contribution is 6.02.